The van der Waals surface area contributed by atoms with Crippen molar-refractivity contribution >= 4 is 0 Å². The first-order valence-corrected chi connectivity index (χ1v) is 5.60. The van der Waals surface area contributed by atoms with Crippen LogP contribution in [-0.2, 0) is 4.74 Å². The lowest BCUT2D eigenvalue weighted by molar-refractivity contribution is 0.0587. The summed E-state index contributed by atoms with van der Waals surface area (Å²) < 4.78 is 5.91. The molecule has 1 heterocycles. The third kappa shape index (κ3) is 1.30. The fourth-order valence-electron chi connectivity index (χ4n) is 3.07. The molecule has 3 heteroatoms. The minimum Gasteiger partial charge on any atom is -0.396 e. The molecular weight excluding hydrogens is 178 g/mol. The van der Waals surface area contributed by atoms with Crippen LogP contribution in [0.25, 0.3) is 0 Å². The van der Waals surface area contributed by atoms with E-state index >= 15 is 0 Å². The summed E-state index contributed by atoms with van der Waals surface area (Å²) in [6.07, 6.45) is 1.19. The lowest BCUT2D eigenvalue weighted by Crippen LogP contribution is -2.32. The topological polar surface area (TPSA) is 55.5 Å². The molecular formula is C11H21NO2. The van der Waals surface area contributed by atoms with Gasteiger partial charge in [0.15, 0.2) is 0 Å². The van der Waals surface area contributed by atoms with Crippen LogP contribution in [0.15, 0.2) is 0 Å². The van der Waals surface area contributed by atoms with E-state index in [0.29, 0.717) is 24.3 Å². The molecule has 3 N–H and O–H groups in total. The molecule has 5 atom stereocenters. The second-order valence-corrected chi connectivity index (χ2v) is 5.00. The molecule has 1 spiro atoms. The number of rotatable bonds is 3. The van der Waals surface area contributed by atoms with E-state index in [0.717, 1.165) is 6.61 Å². The van der Waals surface area contributed by atoms with Gasteiger partial charge in [-0.2, -0.15) is 0 Å². The predicted octanol–water partition coefficient (Wildman–Crippen LogP) is 0.615. The van der Waals surface area contributed by atoms with Crippen LogP contribution in [0.2, 0.25) is 0 Å². The average molecular weight is 199 g/mol. The lowest BCUT2D eigenvalue weighted by atomic mass is 9.81. The highest BCUT2D eigenvalue weighted by Crippen LogP contribution is 2.58. The number of aliphatic hydroxyl groups excluding tert-OH is 1. The SMILES string of the molecule is CC1C(C(CN)CO)COC12C[C@H]2C. The second-order valence-electron chi connectivity index (χ2n) is 5.00. The van der Waals surface area contributed by atoms with Crippen molar-refractivity contribution in [3.63, 3.8) is 0 Å². The highest BCUT2D eigenvalue weighted by Gasteiger charge is 2.62. The number of nitrogens with two attached hydrogens (primary N) is 1. The van der Waals surface area contributed by atoms with Crippen molar-refractivity contribution in [1.29, 1.82) is 0 Å². The maximum Gasteiger partial charge on any atom is 0.0741 e. The lowest BCUT2D eigenvalue weighted by Gasteiger charge is -2.24. The van der Waals surface area contributed by atoms with Gasteiger partial charge in [-0.25, -0.2) is 0 Å². The van der Waals surface area contributed by atoms with Crippen molar-refractivity contribution in [2.24, 2.45) is 29.4 Å². The van der Waals surface area contributed by atoms with Crippen molar-refractivity contribution in [1.82, 2.24) is 0 Å². The van der Waals surface area contributed by atoms with E-state index in [1.165, 1.54) is 6.42 Å². The highest BCUT2D eigenvalue weighted by molar-refractivity contribution is 5.11. The van der Waals surface area contributed by atoms with Crippen LogP contribution in [-0.4, -0.2) is 30.5 Å². The molecule has 14 heavy (non-hydrogen) atoms. The van der Waals surface area contributed by atoms with Crippen molar-refractivity contribution in [3.05, 3.63) is 0 Å². The number of hydrogen-bond acceptors (Lipinski definition) is 3. The molecule has 1 aliphatic carbocycles. The minimum absolute atomic E-state index is 0.146. The summed E-state index contributed by atoms with van der Waals surface area (Å²) in [5, 5.41) is 9.23. The molecule has 1 aliphatic heterocycles. The normalized spacial score (nSPS) is 48.4. The molecule has 3 nitrogen and oxygen atoms in total. The van der Waals surface area contributed by atoms with E-state index in [9.17, 15) is 5.11 Å². The molecule has 0 amide bonds. The van der Waals surface area contributed by atoms with E-state index in [4.69, 9.17) is 10.5 Å². The fraction of sp³-hybridized carbons (Fsp3) is 1.00. The van der Waals surface area contributed by atoms with Gasteiger partial charge in [0.2, 0.25) is 0 Å². The Morgan fingerprint density at radius 1 is 1.57 bits per heavy atom. The summed E-state index contributed by atoms with van der Waals surface area (Å²) in [7, 11) is 0. The summed E-state index contributed by atoms with van der Waals surface area (Å²) >= 11 is 0. The van der Waals surface area contributed by atoms with E-state index in [2.05, 4.69) is 13.8 Å². The van der Waals surface area contributed by atoms with Crippen molar-refractivity contribution in [3.8, 4) is 0 Å². The fourth-order valence-corrected chi connectivity index (χ4v) is 3.07. The van der Waals surface area contributed by atoms with Crippen molar-refractivity contribution in [2.75, 3.05) is 19.8 Å². The Morgan fingerprint density at radius 3 is 2.57 bits per heavy atom. The Kier molecular flexibility index (Phi) is 2.58. The van der Waals surface area contributed by atoms with E-state index < -0.39 is 0 Å². The summed E-state index contributed by atoms with van der Waals surface area (Å²) in [6.45, 7) is 6.04. The van der Waals surface area contributed by atoms with Crippen molar-refractivity contribution in [2.45, 2.75) is 25.9 Å². The number of hydrogen-bond donors (Lipinski definition) is 2. The summed E-state index contributed by atoms with van der Waals surface area (Å²) in [5.41, 5.74) is 5.80. The average Bonchev–Trinajstić information content (AvgIpc) is 2.73. The molecule has 1 saturated carbocycles. The van der Waals surface area contributed by atoms with Crippen molar-refractivity contribution < 1.29 is 9.84 Å². The van der Waals surface area contributed by atoms with Crippen LogP contribution >= 0.6 is 0 Å². The van der Waals surface area contributed by atoms with Gasteiger partial charge in [0.25, 0.3) is 0 Å². The minimum atomic E-state index is 0.146. The zero-order chi connectivity index (χ0) is 10.3. The molecule has 0 radical (unpaired) electrons. The van der Waals surface area contributed by atoms with Gasteiger partial charge in [-0.3, -0.25) is 0 Å². The monoisotopic (exact) mass is 199 g/mol. The standard InChI is InChI=1S/C11H21NO2/c1-7-3-11(7)8(2)10(6-14-11)9(4-12)5-13/h7-10,13H,3-6,12H2,1-2H3/t7-,8?,9?,10?,11?/m1/s1. The van der Waals surface area contributed by atoms with Crippen LogP contribution in [0.5, 0.6) is 0 Å². The van der Waals surface area contributed by atoms with Crippen LogP contribution in [0.3, 0.4) is 0 Å². The Hall–Kier alpha value is -0.120. The number of aliphatic hydroxyl groups is 1. The summed E-state index contributed by atoms with van der Waals surface area (Å²) in [6, 6.07) is 0. The van der Waals surface area contributed by atoms with E-state index in [1.807, 2.05) is 0 Å². The first kappa shape index (κ1) is 10.4. The molecule has 4 unspecified atom stereocenters. The van der Waals surface area contributed by atoms with Crippen LogP contribution in [0.4, 0.5) is 0 Å². The van der Waals surface area contributed by atoms with Gasteiger partial charge < -0.3 is 15.6 Å². The predicted molar refractivity (Wildman–Crippen MR) is 54.7 cm³/mol. The molecule has 82 valence electrons. The molecule has 2 rings (SSSR count). The van der Waals surface area contributed by atoms with Gasteiger partial charge in [-0.15, -0.1) is 0 Å². The quantitative estimate of drug-likeness (QED) is 0.700. The van der Waals surface area contributed by atoms with Gasteiger partial charge in [-0.1, -0.05) is 13.8 Å². The Balaban J connectivity index is 2.03. The molecule has 2 fully saturated rings. The summed E-state index contributed by atoms with van der Waals surface area (Å²) in [4.78, 5) is 0. The van der Waals surface area contributed by atoms with E-state index in [-0.39, 0.29) is 18.1 Å². The van der Waals surface area contributed by atoms with Gasteiger partial charge >= 0.3 is 0 Å². The zero-order valence-electron chi connectivity index (χ0n) is 9.07. The second kappa shape index (κ2) is 3.47. The van der Waals surface area contributed by atoms with Gasteiger partial charge in [0.1, 0.15) is 0 Å². The first-order valence-electron chi connectivity index (χ1n) is 5.60. The maximum absolute atomic E-state index is 9.23. The summed E-state index contributed by atoms with van der Waals surface area (Å²) in [5.74, 6) is 1.92. The third-order valence-corrected chi connectivity index (χ3v) is 4.40. The molecule has 1 saturated heterocycles. The van der Waals surface area contributed by atoms with Gasteiger partial charge in [0, 0.05) is 6.61 Å². The Labute approximate surface area is 85.6 Å². The van der Waals surface area contributed by atoms with Crippen LogP contribution < -0.4 is 5.73 Å². The largest absolute Gasteiger partial charge is 0.396 e. The van der Waals surface area contributed by atoms with Gasteiger partial charge in [-0.05, 0) is 36.6 Å². The Bertz CT molecular complexity index is 217. The third-order valence-electron chi connectivity index (χ3n) is 4.40. The Morgan fingerprint density at radius 2 is 2.21 bits per heavy atom. The highest BCUT2D eigenvalue weighted by atomic mass is 16.5. The molecule has 0 aromatic carbocycles. The molecule has 0 aromatic rings. The maximum atomic E-state index is 9.23. The molecule has 0 aromatic heterocycles. The van der Waals surface area contributed by atoms with Crippen LogP contribution in [0, 0.1) is 23.7 Å². The zero-order valence-corrected chi connectivity index (χ0v) is 9.07. The van der Waals surface area contributed by atoms with E-state index in [1.54, 1.807) is 0 Å². The molecule has 0 bridgehead atoms. The number of ether oxygens (including phenoxy) is 1. The van der Waals surface area contributed by atoms with Gasteiger partial charge in [0.05, 0.1) is 12.2 Å². The smallest absolute Gasteiger partial charge is 0.0741 e. The molecule has 2 aliphatic rings. The first-order chi connectivity index (χ1) is 6.65. The van der Waals surface area contributed by atoms with Crippen LogP contribution in [0.1, 0.15) is 20.3 Å².